The second kappa shape index (κ2) is 18.9. The number of halogens is 1. The van der Waals surface area contributed by atoms with Crippen molar-refractivity contribution in [2.75, 3.05) is 80.8 Å². The van der Waals surface area contributed by atoms with Gasteiger partial charge in [0.05, 0.1) is 53.1 Å². The first-order valence-corrected chi connectivity index (χ1v) is 24.4. The molecule has 2 fully saturated rings. The number of piperazine rings is 1. The SMILES string of the molecule is C[C@H]1CCN(c2cc(N3CCN(CC4=C(c5ccc(Cl)cc5)CC(C)(C)CC4)CC3)ccc2C(=O)NS(=O)(=O)c2ccc(NCC3COCCO3)c([N+](=O)[O-])c2)c2cc3cc[nH]c3nc2O1. The predicted molar refractivity (Wildman–Crippen MR) is 256 cm³/mol. The average Bonchev–Trinajstić information content (AvgIpc) is 3.70. The van der Waals surface area contributed by atoms with E-state index in [1.54, 1.807) is 12.3 Å². The Morgan fingerprint density at radius 1 is 1.00 bits per heavy atom. The Balaban J connectivity index is 0.996. The molecule has 9 rings (SSSR count). The number of nitrogens with one attached hydrogen (secondary N) is 3. The van der Waals surface area contributed by atoms with Crippen LogP contribution in [-0.4, -0.2) is 112 Å². The van der Waals surface area contributed by atoms with Crippen LogP contribution in [-0.2, 0) is 19.5 Å². The molecule has 2 aromatic heterocycles. The van der Waals surface area contributed by atoms with Crippen molar-refractivity contribution in [1.29, 1.82) is 0 Å². The Morgan fingerprint density at radius 2 is 1.80 bits per heavy atom. The summed E-state index contributed by atoms with van der Waals surface area (Å²) in [6.07, 6.45) is 5.05. The van der Waals surface area contributed by atoms with Gasteiger partial charge in [0.15, 0.2) is 0 Å². The first-order chi connectivity index (χ1) is 31.7. The number of rotatable bonds is 12. The molecule has 0 saturated carbocycles. The van der Waals surface area contributed by atoms with Crippen molar-refractivity contribution in [3.8, 4) is 5.88 Å². The van der Waals surface area contributed by atoms with Gasteiger partial charge in [-0.15, -0.1) is 0 Å². The highest BCUT2D eigenvalue weighted by Crippen LogP contribution is 2.44. The lowest BCUT2D eigenvalue weighted by Gasteiger charge is -2.39. The van der Waals surface area contributed by atoms with E-state index < -0.39 is 31.4 Å². The topological polar surface area (TPSA) is 185 Å². The molecule has 4 aliphatic rings. The summed E-state index contributed by atoms with van der Waals surface area (Å²) >= 11 is 6.27. The average molecular weight is 940 g/mol. The molecule has 0 spiro atoms. The summed E-state index contributed by atoms with van der Waals surface area (Å²) < 4.78 is 47.5. The molecule has 2 saturated heterocycles. The van der Waals surface area contributed by atoms with E-state index in [9.17, 15) is 23.3 Å². The number of aromatic amines is 1. The van der Waals surface area contributed by atoms with Crippen LogP contribution in [0.5, 0.6) is 5.88 Å². The normalized spacial score (nSPS) is 20.4. The van der Waals surface area contributed by atoms with Crippen LogP contribution in [0, 0.1) is 15.5 Å². The molecule has 1 aliphatic carbocycles. The zero-order chi connectivity index (χ0) is 46.2. The van der Waals surface area contributed by atoms with Crippen molar-refractivity contribution in [2.24, 2.45) is 5.41 Å². The maximum atomic E-state index is 14.4. The molecule has 18 heteroatoms. The molecule has 3 aromatic carbocycles. The van der Waals surface area contributed by atoms with E-state index in [0.717, 1.165) is 74.1 Å². The number of carbonyl (C=O) groups is 1. The molecule has 348 valence electrons. The third-order valence-corrected chi connectivity index (χ3v) is 14.6. The van der Waals surface area contributed by atoms with E-state index >= 15 is 0 Å². The quantitative estimate of drug-likeness (QED) is 0.0805. The van der Waals surface area contributed by atoms with Crippen LogP contribution in [0.2, 0.25) is 5.02 Å². The zero-order valence-corrected chi connectivity index (χ0v) is 38.9. The third-order valence-electron chi connectivity index (χ3n) is 13.0. The molecule has 0 radical (unpaired) electrons. The lowest BCUT2D eigenvalue weighted by atomic mass is 9.72. The minimum atomic E-state index is -4.60. The molecule has 3 N–H and O–H groups in total. The lowest BCUT2D eigenvalue weighted by Crippen LogP contribution is -2.47. The summed E-state index contributed by atoms with van der Waals surface area (Å²) in [6.45, 7) is 12.5. The number of amides is 1. The van der Waals surface area contributed by atoms with E-state index in [1.807, 2.05) is 48.2 Å². The smallest absolute Gasteiger partial charge is 0.293 e. The van der Waals surface area contributed by atoms with Gasteiger partial charge in [-0.3, -0.25) is 19.8 Å². The standard InChI is InChI=1S/C48H55ClN8O8S/c1-31-14-17-56(44-24-33-13-16-50-45(33)52-47(44)65-31)42-25-36(55-20-18-54(19-21-55)29-34-12-15-48(2,3)27-40(34)32-4-6-35(49)7-5-32)8-10-39(42)46(58)53-66(61,62)38-9-11-41(43(26-38)57(59)60)51-28-37-30-63-22-23-64-37/h4-11,13,16,24-26,31,37,51H,12,14-15,17-23,27-30H2,1-3H3,(H,50,52)(H,53,58)/t31-,37?/m0/s1. The second-order valence-corrected chi connectivity index (χ2v) is 20.4. The number of nitrogens with zero attached hydrogens (tertiary/aromatic N) is 5. The highest BCUT2D eigenvalue weighted by atomic mass is 35.5. The van der Waals surface area contributed by atoms with Gasteiger partial charge in [-0.2, -0.15) is 4.98 Å². The predicted octanol–water partition coefficient (Wildman–Crippen LogP) is 8.17. The Morgan fingerprint density at radius 3 is 2.56 bits per heavy atom. The molecule has 66 heavy (non-hydrogen) atoms. The van der Waals surface area contributed by atoms with E-state index in [-0.39, 0.29) is 35.4 Å². The maximum absolute atomic E-state index is 14.4. The maximum Gasteiger partial charge on any atom is 0.293 e. The number of carbonyl (C=O) groups excluding carboxylic acids is 1. The number of benzene rings is 3. The molecule has 16 nitrogen and oxygen atoms in total. The summed E-state index contributed by atoms with van der Waals surface area (Å²) in [5.41, 5.74) is 6.71. The van der Waals surface area contributed by atoms with Crippen molar-refractivity contribution in [1.82, 2.24) is 19.6 Å². The van der Waals surface area contributed by atoms with E-state index in [1.165, 1.54) is 28.8 Å². The minimum absolute atomic E-state index is 0.0972. The highest BCUT2D eigenvalue weighted by molar-refractivity contribution is 7.90. The molecule has 5 aromatic rings. The Bertz CT molecular complexity index is 2770. The molecular formula is C48H55ClN8O8S. The summed E-state index contributed by atoms with van der Waals surface area (Å²) in [7, 11) is -4.60. The van der Waals surface area contributed by atoms with Crippen LogP contribution >= 0.6 is 11.6 Å². The van der Waals surface area contributed by atoms with Gasteiger partial charge in [0.2, 0.25) is 5.88 Å². The number of aromatic nitrogens is 2. The number of nitro benzene ring substituents is 1. The molecule has 5 heterocycles. The second-order valence-electron chi connectivity index (χ2n) is 18.3. The van der Waals surface area contributed by atoms with Gasteiger partial charge in [-0.05, 0) is 97.3 Å². The Labute approximate surface area is 389 Å². The fourth-order valence-corrected chi connectivity index (χ4v) is 10.4. The number of ether oxygens (including phenoxy) is 3. The summed E-state index contributed by atoms with van der Waals surface area (Å²) in [6, 6.07) is 21.0. The van der Waals surface area contributed by atoms with Gasteiger partial charge in [0.25, 0.3) is 21.6 Å². The minimum Gasteiger partial charge on any atom is -0.473 e. The number of nitro groups is 1. The van der Waals surface area contributed by atoms with Gasteiger partial charge in [0.1, 0.15) is 17.0 Å². The Kier molecular flexibility index (Phi) is 13.0. The van der Waals surface area contributed by atoms with Gasteiger partial charge < -0.3 is 34.3 Å². The van der Waals surface area contributed by atoms with Crippen molar-refractivity contribution in [3.05, 3.63) is 111 Å². The fraction of sp³-hybridized carbons (Fsp3) is 0.417. The zero-order valence-electron chi connectivity index (χ0n) is 37.3. The van der Waals surface area contributed by atoms with E-state index in [2.05, 4.69) is 50.8 Å². The first-order valence-electron chi connectivity index (χ1n) is 22.5. The van der Waals surface area contributed by atoms with Crippen LogP contribution in [0.3, 0.4) is 0 Å². The molecule has 0 bridgehead atoms. The number of hydrogen-bond donors (Lipinski definition) is 3. The number of fused-ring (bicyclic) bond motifs is 2. The number of sulfonamides is 1. The van der Waals surface area contributed by atoms with Crippen molar-refractivity contribution in [3.63, 3.8) is 0 Å². The monoisotopic (exact) mass is 938 g/mol. The van der Waals surface area contributed by atoms with E-state index in [0.29, 0.717) is 55.7 Å². The molecule has 3 aliphatic heterocycles. The molecule has 2 atom stereocenters. The lowest BCUT2D eigenvalue weighted by molar-refractivity contribution is -0.384. The number of hydrogen-bond acceptors (Lipinski definition) is 13. The number of pyridine rings is 1. The summed E-state index contributed by atoms with van der Waals surface area (Å²) in [4.78, 5) is 40.2. The van der Waals surface area contributed by atoms with Crippen LogP contribution in [0.1, 0.15) is 62.4 Å². The van der Waals surface area contributed by atoms with Crippen molar-refractivity contribution in [2.45, 2.75) is 63.6 Å². The Hall–Kier alpha value is -5.72. The number of anilines is 4. The van der Waals surface area contributed by atoms with Crippen LogP contribution in [0.4, 0.5) is 28.4 Å². The van der Waals surface area contributed by atoms with Crippen LogP contribution in [0.15, 0.2) is 89.5 Å². The van der Waals surface area contributed by atoms with E-state index in [4.69, 9.17) is 30.8 Å². The third kappa shape index (κ3) is 10.0. The van der Waals surface area contributed by atoms with Crippen molar-refractivity contribution >= 4 is 72.6 Å². The summed E-state index contributed by atoms with van der Waals surface area (Å²) in [5, 5.41) is 16.7. The largest absolute Gasteiger partial charge is 0.473 e. The summed E-state index contributed by atoms with van der Waals surface area (Å²) in [5.74, 6) is -0.508. The van der Waals surface area contributed by atoms with Crippen LogP contribution < -0.4 is 24.6 Å². The van der Waals surface area contributed by atoms with Crippen molar-refractivity contribution < 1.29 is 32.3 Å². The van der Waals surface area contributed by atoms with Gasteiger partial charge in [-0.25, -0.2) is 13.1 Å². The van der Waals surface area contributed by atoms with Gasteiger partial charge in [0, 0.05) is 80.6 Å². The fourth-order valence-electron chi connectivity index (χ4n) is 9.29. The molecule has 1 amide bonds. The van der Waals surface area contributed by atoms with Crippen LogP contribution in [0.25, 0.3) is 16.6 Å². The highest BCUT2D eigenvalue weighted by Gasteiger charge is 2.33. The molecule has 1 unspecified atom stereocenters. The van der Waals surface area contributed by atoms with Gasteiger partial charge >= 0.3 is 0 Å². The number of H-pyrrole nitrogens is 1. The van der Waals surface area contributed by atoms with Gasteiger partial charge in [-0.1, -0.05) is 43.2 Å². The number of allylic oxidation sites excluding steroid dienone is 1. The molecular weight excluding hydrogens is 884 g/mol. The first kappa shape index (κ1) is 45.4.